The molecule has 4 aromatic rings. The van der Waals surface area contributed by atoms with Crippen LogP contribution >= 0.6 is 11.3 Å². The van der Waals surface area contributed by atoms with E-state index >= 15 is 0 Å². The van der Waals surface area contributed by atoms with Crippen LogP contribution in [-0.2, 0) is 0 Å². The number of hydrogen-bond acceptors (Lipinski definition) is 6. The molecule has 0 radical (unpaired) electrons. The van der Waals surface area contributed by atoms with E-state index in [9.17, 15) is 15.0 Å². The van der Waals surface area contributed by atoms with Crippen LogP contribution in [0.4, 0.5) is 0 Å². The number of fused-ring (bicyclic) bond motifs is 1. The van der Waals surface area contributed by atoms with Crippen LogP contribution < -0.4 is 4.74 Å². The number of thiophene rings is 1. The average molecular weight is 474 g/mol. The van der Waals surface area contributed by atoms with Crippen molar-refractivity contribution in [1.29, 1.82) is 0 Å². The summed E-state index contributed by atoms with van der Waals surface area (Å²) in [5.41, 5.74) is 2.24. The molecule has 0 atom stereocenters. The van der Waals surface area contributed by atoms with Crippen LogP contribution in [-0.4, -0.2) is 53.2 Å². The maximum absolute atomic E-state index is 13.6. The molecule has 0 aliphatic carbocycles. The number of rotatable bonds is 7. The van der Waals surface area contributed by atoms with E-state index in [4.69, 9.17) is 4.74 Å². The lowest BCUT2D eigenvalue weighted by Gasteiger charge is -2.29. The highest BCUT2D eigenvalue weighted by Gasteiger charge is 2.22. The maximum atomic E-state index is 13.6. The van der Waals surface area contributed by atoms with Crippen molar-refractivity contribution in [3.05, 3.63) is 83.9 Å². The number of ether oxygens (including phenoxy) is 1. The number of likely N-dealkylation sites (tertiary alicyclic amines) is 1. The SMILES string of the molecule is O=C(c1ccc(OCCN2CCC(O)CC2)cc1)c1c(-c2ccccc2)sc2cc(O)ccc12. The van der Waals surface area contributed by atoms with Gasteiger partial charge in [0, 0.05) is 45.7 Å². The number of aliphatic hydroxyl groups excluding tert-OH is 1. The fraction of sp³-hybridized carbons (Fsp3) is 0.250. The summed E-state index contributed by atoms with van der Waals surface area (Å²) in [5.74, 6) is 0.876. The third kappa shape index (κ3) is 4.85. The molecule has 0 spiro atoms. The number of piperidine rings is 1. The standard InChI is InChI=1S/C28H27NO4S/c30-21-12-14-29(15-13-21)16-17-33-23-9-6-19(7-10-23)27(32)26-24-11-8-22(31)18-25(24)34-28(26)20-4-2-1-3-5-20/h1-11,18,21,30-31H,12-17H2. The number of phenolic OH excluding ortho intramolecular Hbond substituents is 1. The predicted octanol–water partition coefficient (Wildman–Crippen LogP) is 5.34. The molecule has 0 amide bonds. The third-order valence-electron chi connectivity index (χ3n) is 6.29. The van der Waals surface area contributed by atoms with Crippen LogP contribution in [0.3, 0.4) is 0 Å². The molecule has 5 nitrogen and oxygen atoms in total. The Morgan fingerprint density at radius 1 is 1.00 bits per heavy atom. The first-order chi connectivity index (χ1) is 16.6. The molecule has 3 aromatic carbocycles. The Bertz CT molecular complexity index is 1280. The number of aromatic hydroxyl groups is 1. The van der Waals surface area contributed by atoms with Crippen molar-refractivity contribution in [1.82, 2.24) is 4.90 Å². The van der Waals surface area contributed by atoms with Gasteiger partial charge in [0.05, 0.1) is 6.10 Å². The summed E-state index contributed by atoms with van der Waals surface area (Å²) in [7, 11) is 0. The van der Waals surface area contributed by atoms with Crippen LogP contribution in [0.25, 0.3) is 20.5 Å². The Labute approximate surface area is 202 Å². The van der Waals surface area contributed by atoms with E-state index in [1.54, 1.807) is 12.1 Å². The van der Waals surface area contributed by atoms with E-state index in [1.807, 2.05) is 60.7 Å². The summed E-state index contributed by atoms with van der Waals surface area (Å²) in [6.45, 7) is 3.18. The van der Waals surface area contributed by atoms with Gasteiger partial charge in [0.2, 0.25) is 0 Å². The quantitative estimate of drug-likeness (QED) is 0.355. The van der Waals surface area contributed by atoms with E-state index in [-0.39, 0.29) is 17.6 Å². The second-order valence-electron chi connectivity index (χ2n) is 8.63. The number of ketones is 1. The predicted molar refractivity (Wildman–Crippen MR) is 136 cm³/mol. The van der Waals surface area contributed by atoms with E-state index in [2.05, 4.69) is 4.90 Å². The Morgan fingerprint density at radius 3 is 2.47 bits per heavy atom. The highest BCUT2D eigenvalue weighted by molar-refractivity contribution is 7.22. The number of aliphatic hydroxyl groups is 1. The maximum Gasteiger partial charge on any atom is 0.195 e. The molecule has 0 bridgehead atoms. The topological polar surface area (TPSA) is 70.0 Å². The second kappa shape index (κ2) is 9.97. The smallest absolute Gasteiger partial charge is 0.195 e. The first-order valence-electron chi connectivity index (χ1n) is 11.6. The van der Waals surface area contributed by atoms with Crippen LogP contribution in [0.2, 0.25) is 0 Å². The zero-order valence-corrected chi connectivity index (χ0v) is 19.6. The summed E-state index contributed by atoms with van der Waals surface area (Å²) >= 11 is 1.52. The fourth-order valence-corrected chi connectivity index (χ4v) is 5.62. The van der Waals surface area contributed by atoms with E-state index in [0.29, 0.717) is 17.7 Å². The lowest BCUT2D eigenvalue weighted by atomic mass is 9.97. The summed E-state index contributed by atoms with van der Waals surface area (Å²) in [4.78, 5) is 16.8. The molecule has 0 saturated carbocycles. The number of nitrogens with zero attached hydrogens (tertiary/aromatic N) is 1. The molecule has 2 N–H and O–H groups in total. The van der Waals surface area contributed by atoms with Gasteiger partial charge in [-0.2, -0.15) is 0 Å². The normalized spacial score (nSPS) is 15.0. The minimum absolute atomic E-state index is 0.0470. The second-order valence-corrected chi connectivity index (χ2v) is 9.68. The molecule has 1 fully saturated rings. The lowest BCUT2D eigenvalue weighted by molar-refractivity contribution is 0.0755. The van der Waals surface area contributed by atoms with Gasteiger partial charge in [-0.15, -0.1) is 11.3 Å². The number of benzene rings is 3. The van der Waals surface area contributed by atoms with Crippen molar-refractivity contribution in [2.45, 2.75) is 18.9 Å². The van der Waals surface area contributed by atoms with Crippen molar-refractivity contribution in [2.75, 3.05) is 26.2 Å². The molecule has 1 aliphatic rings. The Kier molecular flexibility index (Phi) is 6.63. The van der Waals surface area contributed by atoms with Crippen LogP contribution in [0.5, 0.6) is 11.5 Å². The molecule has 174 valence electrons. The van der Waals surface area contributed by atoms with Gasteiger partial charge < -0.3 is 14.9 Å². The third-order valence-corrected chi connectivity index (χ3v) is 7.49. The highest BCUT2D eigenvalue weighted by atomic mass is 32.1. The van der Waals surface area contributed by atoms with Crippen molar-refractivity contribution < 1.29 is 19.7 Å². The van der Waals surface area contributed by atoms with Gasteiger partial charge in [0.15, 0.2) is 5.78 Å². The summed E-state index contributed by atoms with van der Waals surface area (Å²) in [5, 5.41) is 20.4. The zero-order chi connectivity index (χ0) is 23.5. The molecule has 1 aliphatic heterocycles. The van der Waals surface area contributed by atoms with Crippen molar-refractivity contribution >= 4 is 27.2 Å². The lowest BCUT2D eigenvalue weighted by Crippen LogP contribution is -2.38. The summed E-state index contributed by atoms with van der Waals surface area (Å²) < 4.78 is 6.78. The molecule has 34 heavy (non-hydrogen) atoms. The van der Waals surface area contributed by atoms with Crippen LogP contribution in [0.15, 0.2) is 72.8 Å². The van der Waals surface area contributed by atoms with Crippen LogP contribution in [0.1, 0.15) is 28.8 Å². The van der Waals surface area contributed by atoms with Crippen molar-refractivity contribution in [3.63, 3.8) is 0 Å². The number of carbonyl (C=O) groups excluding carboxylic acids is 1. The van der Waals surface area contributed by atoms with E-state index in [1.165, 1.54) is 11.3 Å². The van der Waals surface area contributed by atoms with Gasteiger partial charge in [-0.3, -0.25) is 9.69 Å². The van der Waals surface area contributed by atoms with E-state index < -0.39 is 0 Å². The average Bonchev–Trinajstić information content (AvgIpc) is 3.24. The molecule has 6 heteroatoms. The van der Waals surface area contributed by atoms with Gasteiger partial charge in [-0.05, 0) is 60.9 Å². The minimum Gasteiger partial charge on any atom is -0.508 e. The number of hydrogen-bond donors (Lipinski definition) is 2. The van der Waals surface area contributed by atoms with Gasteiger partial charge >= 0.3 is 0 Å². The largest absolute Gasteiger partial charge is 0.508 e. The Hall–Kier alpha value is -3.19. The number of phenols is 1. The van der Waals surface area contributed by atoms with Crippen molar-refractivity contribution in [3.8, 4) is 21.9 Å². The highest BCUT2D eigenvalue weighted by Crippen LogP contribution is 2.41. The molecular weight excluding hydrogens is 446 g/mol. The molecule has 0 unspecified atom stereocenters. The molecule has 5 rings (SSSR count). The van der Waals surface area contributed by atoms with Gasteiger partial charge in [-0.1, -0.05) is 30.3 Å². The van der Waals surface area contributed by atoms with Gasteiger partial charge in [0.25, 0.3) is 0 Å². The molecule has 1 aromatic heterocycles. The summed E-state index contributed by atoms with van der Waals surface area (Å²) in [6.07, 6.45) is 1.47. The minimum atomic E-state index is -0.171. The number of carbonyl (C=O) groups is 1. The summed E-state index contributed by atoms with van der Waals surface area (Å²) in [6, 6.07) is 22.3. The first-order valence-corrected chi connectivity index (χ1v) is 12.4. The first kappa shape index (κ1) is 22.6. The van der Waals surface area contributed by atoms with Crippen molar-refractivity contribution in [2.24, 2.45) is 0 Å². The van der Waals surface area contributed by atoms with Gasteiger partial charge in [0.1, 0.15) is 18.1 Å². The Balaban J connectivity index is 1.35. The monoisotopic (exact) mass is 473 g/mol. The molecular formula is C28H27NO4S. The van der Waals surface area contributed by atoms with Crippen LogP contribution in [0, 0.1) is 0 Å². The molecule has 2 heterocycles. The van der Waals surface area contributed by atoms with Gasteiger partial charge in [-0.25, -0.2) is 0 Å². The molecule has 1 saturated heterocycles. The van der Waals surface area contributed by atoms with E-state index in [0.717, 1.165) is 58.8 Å². The Morgan fingerprint density at radius 2 is 1.74 bits per heavy atom. The fourth-order valence-electron chi connectivity index (χ4n) is 4.39. The zero-order valence-electron chi connectivity index (χ0n) is 18.8.